The van der Waals surface area contributed by atoms with Gasteiger partial charge in [-0.3, -0.25) is 0 Å². The maximum atomic E-state index is 3.27. The maximum Gasteiger partial charge on any atom is 0.0384 e. The lowest BCUT2D eigenvalue weighted by Crippen LogP contribution is -1.97. The summed E-state index contributed by atoms with van der Waals surface area (Å²) in [5.74, 6) is 7.42. The van der Waals surface area contributed by atoms with Gasteiger partial charge in [0.05, 0.1) is 0 Å². The second-order valence-corrected chi connectivity index (χ2v) is 3.32. The highest BCUT2D eigenvalue weighted by molar-refractivity contribution is 5.26. The summed E-state index contributed by atoms with van der Waals surface area (Å²) >= 11 is 0. The van der Waals surface area contributed by atoms with Crippen LogP contribution in [0.4, 0.5) is 0 Å². The molecule has 0 saturated heterocycles. The molecule has 0 bridgehead atoms. The van der Waals surface area contributed by atoms with Crippen molar-refractivity contribution in [3.63, 3.8) is 0 Å². The van der Waals surface area contributed by atoms with E-state index in [2.05, 4.69) is 50.8 Å². The van der Waals surface area contributed by atoms with Crippen molar-refractivity contribution < 1.29 is 0 Å². The van der Waals surface area contributed by atoms with Crippen molar-refractivity contribution >= 4 is 0 Å². The Morgan fingerprint density at radius 3 is 2.83 bits per heavy atom. The van der Waals surface area contributed by atoms with Crippen LogP contribution in [-0.2, 0) is 0 Å². The smallest absolute Gasteiger partial charge is 0.0384 e. The van der Waals surface area contributed by atoms with Gasteiger partial charge in [0.15, 0.2) is 0 Å². The van der Waals surface area contributed by atoms with Gasteiger partial charge in [0, 0.05) is 11.8 Å². The van der Waals surface area contributed by atoms with E-state index in [4.69, 9.17) is 0 Å². The molecule has 0 radical (unpaired) electrons. The van der Waals surface area contributed by atoms with E-state index in [1.54, 1.807) is 0 Å². The zero-order valence-electron chi connectivity index (χ0n) is 8.09. The highest BCUT2D eigenvalue weighted by atomic mass is 14.1. The first kappa shape index (κ1) is 9.13. The molecule has 1 rings (SSSR count). The van der Waals surface area contributed by atoms with Gasteiger partial charge >= 0.3 is 0 Å². The van der Waals surface area contributed by atoms with Crippen molar-refractivity contribution in [3.8, 4) is 11.8 Å². The molecule has 0 heterocycles. The van der Waals surface area contributed by atoms with Crippen LogP contribution in [0.25, 0.3) is 0 Å². The summed E-state index contributed by atoms with van der Waals surface area (Å²) in [6, 6.07) is 0. The summed E-state index contributed by atoms with van der Waals surface area (Å²) < 4.78 is 0. The molecule has 1 aliphatic carbocycles. The molecular weight excluding hydrogens is 144 g/mol. The van der Waals surface area contributed by atoms with Crippen LogP contribution in [0.5, 0.6) is 0 Å². The minimum absolute atomic E-state index is 0.420. The summed E-state index contributed by atoms with van der Waals surface area (Å²) in [5, 5.41) is 0. The molecule has 0 aromatic carbocycles. The summed E-state index contributed by atoms with van der Waals surface area (Å²) in [5.41, 5.74) is 1.35. The average molecular weight is 160 g/mol. The van der Waals surface area contributed by atoms with Crippen LogP contribution in [0.2, 0.25) is 0 Å². The van der Waals surface area contributed by atoms with Gasteiger partial charge in [-0.25, -0.2) is 0 Å². The first-order chi connectivity index (χ1) is 5.74. The summed E-state index contributed by atoms with van der Waals surface area (Å²) in [6.07, 6.45) is 7.60. The molecular formula is C12H16. The normalized spacial score (nSPS) is 35.1. The topological polar surface area (TPSA) is 0 Å². The van der Waals surface area contributed by atoms with E-state index in [1.165, 1.54) is 5.57 Å². The van der Waals surface area contributed by atoms with Crippen LogP contribution in [0.1, 0.15) is 27.2 Å². The van der Waals surface area contributed by atoms with Crippen molar-refractivity contribution in [2.75, 3.05) is 0 Å². The van der Waals surface area contributed by atoms with Gasteiger partial charge in [0.25, 0.3) is 0 Å². The first-order valence-electron chi connectivity index (χ1n) is 4.60. The minimum Gasteiger partial charge on any atom is -0.0951 e. The zero-order valence-corrected chi connectivity index (χ0v) is 8.09. The Kier molecular flexibility index (Phi) is 3.17. The Labute approximate surface area is 75.4 Å². The Hall–Kier alpha value is -0.960. The summed E-state index contributed by atoms with van der Waals surface area (Å²) in [6.45, 7) is 6.47. The van der Waals surface area contributed by atoms with Crippen LogP contribution >= 0.6 is 0 Å². The van der Waals surface area contributed by atoms with Crippen molar-refractivity contribution in [2.24, 2.45) is 11.8 Å². The quantitative estimate of drug-likeness (QED) is 0.517. The molecule has 0 aromatic rings. The molecule has 12 heavy (non-hydrogen) atoms. The maximum absolute atomic E-state index is 3.27. The second-order valence-electron chi connectivity index (χ2n) is 3.32. The van der Waals surface area contributed by atoms with Gasteiger partial charge in [-0.15, -0.1) is 0 Å². The number of rotatable bonds is 1. The molecule has 0 nitrogen and oxygen atoms in total. The Balaban J connectivity index is 2.84. The number of hydrogen-bond donors (Lipinski definition) is 0. The standard InChI is InChI=1S/C12H16/c1-4-12-7-5-6-10(2)11(3)8-9-12/h5-7,11-12H,4H2,1-3H3/b7-5-,10-6-. The molecule has 2 unspecified atom stereocenters. The first-order valence-corrected chi connectivity index (χ1v) is 4.60. The van der Waals surface area contributed by atoms with E-state index in [9.17, 15) is 0 Å². The summed E-state index contributed by atoms with van der Waals surface area (Å²) in [7, 11) is 0. The van der Waals surface area contributed by atoms with Gasteiger partial charge < -0.3 is 0 Å². The van der Waals surface area contributed by atoms with Crippen molar-refractivity contribution in [2.45, 2.75) is 27.2 Å². The van der Waals surface area contributed by atoms with Crippen LogP contribution in [-0.4, -0.2) is 0 Å². The van der Waals surface area contributed by atoms with E-state index in [0.717, 1.165) is 6.42 Å². The fraction of sp³-hybridized carbons (Fsp3) is 0.500. The fourth-order valence-corrected chi connectivity index (χ4v) is 1.12. The molecule has 2 atom stereocenters. The number of allylic oxidation sites excluding steroid dienone is 4. The van der Waals surface area contributed by atoms with E-state index >= 15 is 0 Å². The van der Waals surface area contributed by atoms with Gasteiger partial charge in [-0.2, -0.15) is 0 Å². The summed E-state index contributed by atoms with van der Waals surface area (Å²) in [4.78, 5) is 0. The van der Waals surface area contributed by atoms with Crippen LogP contribution in [0, 0.1) is 23.7 Å². The van der Waals surface area contributed by atoms with Crippen molar-refractivity contribution in [1.82, 2.24) is 0 Å². The third-order valence-corrected chi connectivity index (χ3v) is 2.31. The Morgan fingerprint density at radius 2 is 2.17 bits per heavy atom. The lowest BCUT2D eigenvalue weighted by molar-refractivity contribution is 0.789. The molecule has 0 saturated carbocycles. The van der Waals surface area contributed by atoms with Gasteiger partial charge in [-0.1, -0.05) is 42.6 Å². The van der Waals surface area contributed by atoms with Crippen molar-refractivity contribution in [3.05, 3.63) is 23.8 Å². The van der Waals surface area contributed by atoms with E-state index in [1.807, 2.05) is 0 Å². The highest BCUT2D eigenvalue weighted by Crippen LogP contribution is 2.13. The molecule has 0 aromatic heterocycles. The van der Waals surface area contributed by atoms with E-state index < -0.39 is 0 Å². The largest absolute Gasteiger partial charge is 0.0951 e. The lowest BCUT2D eigenvalue weighted by Gasteiger charge is -2.07. The van der Waals surface area contributed by atoms with Crippen LogP contribution in [0.3, 0.4) is 0 Å². The Morgan fingerprint density at radius 1 is 1.42 bits per heavy atom. The van der Waals surface area contributed by atoms with Crippen LogP contribution in [0.15, 0.2) is 23.8 Å². The molecule has 1 aliphatic rings. The minimum atomic E-state index is 0.420. The molecule has 0 N–H and O–H groups in total. The van der Waals surface area contributed by atoms with Gasteiger partial charge in [-0.05, 0) is 20.3 Å². The molecule has 0 spiro atoms. The van der Waals surface area contributed by atoms with Gasteiger partial charge in [0.1, 0.15) is 0 Å². The molecule has 0 amide bonds. The van der Waals surface area contributed by atoms with Gasteiger partial charge in [0.2, 0.25) is 0 Å². The SMILES string of the molecule is CCC1C#CC(C)/C(C)=C\C=C/1. The molecule has 0 heteroatoms. The van der Waals surface area contributed by atoms with Crippen LogP contribution < -0.4 is 0 Å². The lowest BCUT2D eigenvalue weighted by atomic mass is 9.97. The van der Waals surface area contributed by atoms with E-state index in [0.29, 0.717) is 11.8 Å². The van der Waals surface area contributed by atoms with E-state index in [-0.39, 0.29) is 0 Å². The molecule has 0 aliphatic heterocycles. The Bertz CT molecular complexity index is 257. The molecule has 0 fully saturated rings. The monoisotopic (exact) mass is 160 g/mol. The fourth-order valence-electron chi connectivity index (χ4n) is 1.12. The predicted octanol–water partition coefficient (Wildman–Crippen LogP) is 3.17. The second kappa shape index (κ2) is 4.16. The third kappa shape index (κ3) is 2.27. The number of hydrogen-bond acceptors (Lipinski definition) is 0. The zero-order chi connectivity index (χ0) is 8.97. The third-order valence-electron chi connectivity index (χ3n) is 2.31. The highest BCUT2D eigenvalue weighted by Gasteiger charge is 2.02. The molecule has 64 valence electrons. The predicted molar refractivity (Wildman–Crippen MR) is 53.6 cm³/mol. The average Bonchev–Trinajstić information content (AvgIpc) is 2.07. The van der Waals surface area contributed by atoms with Crippen molar-refractivity contribution in [1.29, 1.82) is 0 Å².